The summed E-state index contributed by atoms with van der Waals surface area (Å²) in [6.45, 7) is 6.25. The molecule has 106 valence electrons. The van der Waals surface area contributed by atoms with Gasteiger partial charge in [-0.05, 0) is 43.4 Å². The van der Waals surface area contributed by atoms with Gasteiger partial charge in [0.05, 0.1) is 6.26 Å². The van der Waals surface area contributed by atoms with Crippen molar-refractivity contribution in [2.45, 2.75) is 31.6 Å². The molecule has 2 heteroatoms. The fourth-order valence-corrected chi connectivity index (χ4v) is 2.76. The molecule has 0 aliphatic rings. The van der Waals surface area contributed by atoms with E-state index in [1.165, 1.54) is 5.56 Å². The van der Waals surface area contributed by atoms with E-state index in [0.717, 1.165) is 24.2 Å². The van der Waals surface area contributed by atoms with E-state index in [1.807, 2.05) is 37.3 Å². The monoisotopic (exact) mass is 270 g/mol. The average Bonchev–Trinajstić information content (AvgIpc) is 2.97. The highest BCUT2D eigenvalue weighted by molar-refractivity contribution is 5.25. The Bertz CT molecular complexity index is 514. The second-order valence-electron chi connectivity index (χ2n) is 5.31. The highest BCUT2D eigenvalue weighted by Gasteiger charge is 2.26. The van der Waals surface area contributed by atoms with E-state index in [-0.39, 0.29) is 18.4 Å². The van der Waals surface area contributed by atoms with Crippen molar-refractivity contribution in [2.24, 2.45) is 0 Å². The van der Waals surface area contributed by atoms with Crippen LogP contribution in [0, 0.1) is 0 Å². The Morgan fingerprint density at radius 3 is 2.45 bits per heavy atom. The van der Waals surface area contributed by atoms with Gasteiger partial charge in [-0.25, -0.2) is 0 Å². The number of hydrogen-bond acceptors (Lipinski definition) is 2. The second kappa shape index (κ2) is 7.11. The molecule has 0 saturated carbocycles. The number of rotatable bonds is 7. The fourth-order valence-electron chi connectivity index (χ4n) is 2.76. The Balaban J connectivity index is 2.34. The van der Waals surface area contributed by atoms with Gasteiger partial charge < -0.3 is 9.52 Å². The van der Waals surface area contributed by atoms with Crippen molar-refractivity contribution in [3.05, 3.63) is 72.2 Å². The second-order valence-corrected chi connectivity index (χ2v) is 5.31. The van der Waals surface area contributed by atoms with Crippen molar-refractivity contribution in [3.8, 4) is 0 Å². The summed E-state index contributed by atoms with van der Waals surface area (Å²) < 4.78 is 5.62. The van der Waals surface area contributed by atoms with E-state index in [2.05, 4.69) is 18.7 Å². The molecule has 0 bridgehead atoms. The molecule has 0 amide bonds. The van der Waals surface area contributed by atoms with Gasteiger partial charge in [0.25, 0.3) is 0 Å². The van der Waals surface area contributed by atoms with E-state index >= 15 is 0 Å². The number of benzene rings is 1. The molecule has 0 unspecified atom stereocenters. The van der Waals surface area contributed by atoms with Crippen molar-refractivity contribution in [3.63, 3.8) is 0 Å². The third kappa shape index (κ3) is 3.61. The molecule has 20 heavy (non-hydrogen) atoms. The molecule has 0 aliphatic carbocycles. The van der Waals surface area contributed by atoms with Crippen molar-refractivity contribution in [2.75, 3.05) is 6.61 Å². The van der Waals surface area contributed by atoms with Gasteiger partial charge in [-0.15, -0.1) is 6.58 Å². The van der Waals surface area contributed by atoms with Gasteiger partial charge in [0.1, 0.15) is 5.76 Å². The number of aliphatic hydroxyl groups excluding tert-OH is 1. The molecule has 1 aromatic carbocycles. The van der Waals surface area contributed by atoms with Crippen LogP contribution in [0.15, 0.2) is 65.3 Å². The first-order valence-corrected chi connectivity index (χ1v) is 7.06. The maximum Gasteiger partial charge on any atom is 0.107 e. The summed E-state index contributed by atoms with van der Waals surface area (Å²) in [5.74, 6) is 1.43. The van der Waals surface area contributed by atoms with Crippen molar-refractivity contribution < 1.29 is 9.52 Å². The first kappa shape index (κ1) is 14.6. The van der Waals surface area contributed by atoms with E-state index in [9.17, 15) is 5.11 Å². The molecule has 0 spiro atoms. The average molecular weight is 270 g/mol. The molecule has 2 nitrogen and oxygen atoms in total. The van der Waals surface area contributed by atoms with Gasteiger partial charge in [-0.2, -0.15) is 0 Å². The van der Waals surface area contributed by atoms with Crippen LogP contribution in [-0.4, -0.2) is 11.7 Å². The zero-order valence-electron chi connectivity index (χ0n) is 12.0. The van der Waals surface area contributed by atoms with Crippen LogP contribution in [0.2, 0.25) is 0 Å². The van der Waals surface area contributed by atoms with Crippen LogP contribution >= 0.6 is 0 Å². The van der Waals surface area contributed by atoms with Crippen LogP contribution in [0.3, 0.4) is 0 Å². The summed E-state index contributed by atoms with van der Waals surface area (Å²) in [5.41, 5.74) is 2.37. The SMILES string of the molecule is C=C(C)C[C@H](c1ccco1)[C@H](CCO)c1ccccc1. The summed E-state index contributed by atoms with van der Waals surface area (Å²) >= 11 is 0. The first-order chi connectivity index (χ1) is 9.72. The van der Waals surface area contributed by atoms with E-state index in [0.29, 0.717) is 0 Å². The minimum absolute atomic E-state index is 0.174. The van der Waals surface area contributed by atoms with Gasteiger partial charge in [-0.1, -0.05) is 35.9 Å². The predicted molar refractivity (Wildman–Crippen MR) is 81.8 cm³/mol. The molecular weight excluding hydrogens is 248 g/mol. The van der Waals surface area contributed by atoms with Crippen molar-refractivity contribution >= 4 is 0 Å². The van der Waals surface area contributed by atoms with Crippen LogP contribution in [0.5, 0.6) is 0 Å². The first-order valence-electron chi connectivity index (χ1n) is 7.06. The lowest BCUT2D eigenvalue weighted by molar-refractivity contribution is 0.261. The Morgan fingerprint density at radius 2 is 1.90 bits per heavy atom. The van der Waals surface area contributed by atoms with E-state index in [4.69, 9.17) is 4.42 Å². The molecule has 1 aromatic heterocycles. The van der Waals surface area contributed by atoms with Crippen LogP contribution in [0.25, 0.3) is 0 Å². The number of furan rings is 1. The Morgan fingerprint density at radius 1 is 1.15 bits per heavy atom. The predicted octanol–water partition coefficient (Wildman–Crippen LogP) is 4.50. The van der Waals surface area contributed by atoms with Gasteiger partial charge in [-0.3, -0.25) is 0 Å². The molecule has 0 fully saturated rings. The standard InChI is InChI=1S/C18H22O2/c1-14(2)13-17(18-9-6-12-20-18)16(10-11-19)15-7-4-3-5-8-15/h3-9,12,16-17,19H,1,10-11,13H2,2H3/t16-,17+/m1/s1. The normalized spacial score (nSPS) is 13.9. The Kier molecular flexibility index (Phi) is 5.19. The van der Waals surface area contributed by atoms with Gasteiger partial charge in [0, 0.05) is 12.5 Å². The Labute approximate surface area is 120 Å². The lowest BCUT2D eigenvalue weighted by Crippen LogP contribution is -2.13. The van der Waals surface area contributed by atoms with Crippen molar-refractivity contribution in [1.82, 2.24) is 0 Å². The Hall–Kier alpha value is -1.80. The van der Waals surface area contributed by atoms with Crippen LogP contribution < -0.4 is 0 Å². The molecule has 0 aliphatic heterocycles. The molecule has 2 atom stereocenters. The minimum Gasteiger partial charge on any atom is -0.469 e. The quantitative estimate of drug-likeness (QED) is 0.752. The summed E-state index contributed by atoms with van der Waals surface area (Å²) in [6.07, 6.45) is 3.30. The summed E-state index contributed by atoms with van der Waals surface area (Å²) in [4.78, 5) is 0. The molecular formula is C18H22O2. The minimum atomic E-state index is 0.174. The van der Waals surface area contributed by atoms with E-state index < -0.39 is 0 Å². The van der Waals surface area contributed by atoms with Crippen LogP contribution in [0.1, 0.15) is 42.9 Å². The lowest BCUT2D eigenvalue weighted by atomic mass is 9.79. The number of aliphatic hydroxyl groups is 1. The number of hydrogen-bond donors (Lipinski definition) is 1. The molecule has 0 radical (unpaired) electrons. The zero-order chi connectivity index (χ0) is 14.4. The molecule has 2 aromatic rings. The van der Waals surface area contributed by atoms with Gasteiger partial charge in [0.2, 0.25) is 0 Å². The maximum absolute atomic E-state index is 9.43. The zero-order valence-corrected chi connectivity index (χ0v) is 12.0. The third-order valence-corrected chi connectivity index (χ3v) is 3.63. The molecule has 2 rings (SSSR count). The van der Waals surface area contributed by atoms with E-state index in [1.54, 1.807) is 6.26 Å². The molecule has 1 N–H and O–H groups in total. The largest absolute Gasteiger partial charge is 0.469 e. The summed E-state index contributed by atoms with van der Waals surface area (Å²) in [7, 11) is 0. The highest BCUT2D eigenvalue weighted by Crippen LogP contribution is 2.39. The van der Waals surface area contributed by atoms with Crippen LogP contribution in [-0.2, 0) is 0 Å². The highest BCUT2D eigenvalue weighted by atomic mass is 16.3. The third-order valence-electron chi connectivity index (χ3n) is 3.63. The topological polar surface area (TPSA) is 33.4 Å². The lowest BCUT2D eigenvalue weighted by Gasteiger charge is -2.26. The van der Waals surface area contributed by atoms with Gasteiger partial charge in [0.15, 0.2) is 0 Å². The smallest absolute Gasteiger partial charge is 0.107 e. The molecule has 0 saturated heterocycles. The summed E-state index contributed by atoms with van der Waals surface area (Å²) in [5, 5.41) is 9.43. The van der Waals surface area contributed by atoms with Gasteiger partial charge >= 0.3 is 0 Å². The number of allylic oxidation sites excluding steroid dienone is 1. The molecule has 1 heterocycles. The van der Waals surface area contributed by atoms with Crippen molar-refractivity contribution in [1.29, 1.82) is 0 Å². The maximum atomic E-state index is 9.43. The fraction of sp³-hybridized carbons (Fsp3) is 0.333. The van der Waals surface area contributed by atoms with Crippen LogP contribution in [0.4, 0.5) is 0 Å². The summed E-state index contributed by atoms with van der Waals surface area (Å²) in [6, 6.07) is 14.3.